The summed E-state index contributed by atoms with van der Waals surface area (Å²) in [7, 11) is 0. The largest absolute Gasteiger partial charge is 0.347 e. The number of aromatic nitrogens is 1. The average molecular weight is 351 g/mol. The minimum atomic E-state index is -0.461. The van der Waals surface area contributed by atoms with Gasteiger partial charge in [-0.2, -0.15) is 0 Å². The molecule has 4 rings (SSSR count). The molecule has 0 bridgehead atoms. The lowest BCUT2D eigenvalue weighted by Crippen LogP contribution is -2.47. The highest BCUT2D eigenvalue weighted by atomic mass is 32.1. The van der Waals surface area contributed by atoms with E-state index >= 15 is 0 Å². The molecular weight excluding hydrogens is 330 g/mol. The van der Waals surface area contributed by atoms with Gasteiger partial charge in [-0.05, 0) is 12.8 Å². The van der Waals surface area contributed by atoms with E-state index in [1.54, 1.807) is 0 Å². The molecule has 7 nitrogen and oxygen atoms in total. The molecule has 3 aliphatic rings. The van der Waals surface area contributed by atoms with Gasteiger partial charge in [0, 0.05) is 37.2 Å². The summed E-state index contributed by atoms with van der Waals surface area (Å²) in [6.45, 7) is 2.58. The molecule has 2 aliphatic heterocycles. The standard InChI is InChI=1S/C16H21N3O4S/c20-13(19-5-3-16(4-6-19)22-7-8-23-16)9-12-10-24-15(17-12)18-14(21)11-1-2-11/h10-11H,1-9H2,(H,17,18,21). The maximum Gasteiger partial charge on any atom is 0.229 e. The molecule has 1 aromatic heterocycles. The third-order valence-electron chi connectivity index (χ3n) is 4.75. The quantitative estimate of drug-likeness (QED) is 0.887. The molecule has 0 radical (unpaired) electrons. The van der Waals surface area contributed by atoms with E-state index in [2.05, 4.69) is 10.3 Å². The fourth-order valence-corrected chi connectivity index (χ4v) is 3.86. The van der Waals surface area contributed by atoms with Crippen LogP contribution in [0.1, 0.15) is 31.4 Å². The van der Waals surface area contributed by atoms with Gasteiger partial charge >= 0.3 is 0 Å². The van der Waals surface area contributed by atoms with Crippen LogP contribution in [0.25, 0.3) is 0 Å². The number of nitrogens with zero attached hydrogens (tertiary/aromatic N) is 2. The van der Waals surface area contributed by atoms with Crippen molar-refractivity contribution in [1.82, 2.24) is 9.88 Å². The van der Waals surface area contributed by atoms with E-state index in [0.717, 1.165) is 25.7 Å². The second kappa shape index (κ2) is 6.42. The molecule has 0 unspecified atom stereocenters. The molecule has 24 heavy (non-hydrogen) atoms. The third-order valence-corrected chi connectivity index (χ3v) is 5.56. The van der Waals surface area contributed by atoms with Crippen LogP contribution in [0, 0.1) is 5.92 Å². The Labute approximate surface area is 144 Å². The average Bonchev–Trinajstić information content (AvgIpc) is 3.21. The monoisotopic (exact) mass is 351 g/mol. The number of carbonyl (C=O) groups excluding carboxylic acids is 2. The van der Waals surface area contributed by atoms with Crippen molar-refractivity contribution in [1.29, 1.82) is 0 Å². The number of hydrogen-bond donors (Lipinski definition) is 1. The van der Waals surface area contributed by atoms with Gasteiger partial charge in [0.2, 0.25) is 11.8 Å². The molecular formula is C16H21N3O4S. The zero-order chi connectivity index (χ0) is 16.6. The van der Waals surface area contributed by atoms with Crippen molar-refractivity contribution >= 4 is 28.3 Å². The van der Waals surface area contributed by atoms with Crippen molar-refractivity contribution in [2.45, 2.75) is 37.9 Å². The van der Waals surface area contributed by atoms with Crippen molar-refractivity contribution in [3.8, 4) is 0 Å². The predicted octanol–water partition coefficient (Wildman–Crippen LogP) is 1.40. The van der Waals surface area contributed by atoms with Crippen molar-refractivity contribution in [3.63, 3.8) is 0 Å². The van der Waals surface area contributed by atoms with Crippen molar-refractivity contribution < 1.29 is 19.1 Å². The van der Waals surface area contributed by atoms with Gasteiger partial charge in [0.15, 0.2) is 10.9 Å². The zero-order valence-corrected chi connectivity index (χ0v) is 14.3. The van der Waals surface area contributed by atoms with E-state index in [4.69, 9.17) is 9.47 Å². The molecule has 2 amide bonds. The summed E-state index contributed by atoms with van der Waals surface area (Å²) in [6, 6.07) is 0. The van der Waals surface area contributed by atoms with E-state index in [9.17, 15) is 9.59 Å². The summed E-state index contributed by atoms with van der Waals surface area (Å²) in [4.78, 5) is 30.4. The number of piperidine rings is 1. The van der Waals surface area contributed by atoms with E-state index < -0.39 is 5.79 Å². The Bertz CT molecular complexity index is 627. The molecule has 1 N–H and O–H groups in total. The van der Waals surface area contributed by atoms with E-state index in [1.165, 1.54) is 11.3 Å². The van der Waals surface area contributed by atoms with Gasteiger partial charge in [-0.15, -0.1) is 11.3 Å². The molecule has 2 saturated heterocycles. The Balaban J connectivity index is 1.28. The Morgan fingerprint density at radius 2 is 2.00 bits per heavy atom. The molecule has 3 fully saturated rings. The van der Waals surface area contributed by atoms with E-state index in [0.29, 0.717) is 37.1 Å². The number of thiazole rings is 1. The molecule has 0 aromatic carbocycles. The minimum Gasteiger partial charge on any atom is -0.347 e. The van der Waals surface area contributed by atoms with Crippen LogP contribution in [0.15, 0.2) is 5.38 Å². The second-order valence-electron chi connectivity index (χ2n) is 6.57. The molecule has 1 aliphatic carbocycles. The topological polar surface area (TPSA) is 80.8 Å². The van der Waals surface area contributed by atoms with Crippen molar-refractivity contribution in [3.05, 3.63) is 11.1 Å². The Morgan fingerprint density at radius 3 is 2.67 bits per heavy atom. The number of rotatable bonds is 4. The van der Waals surface area contributed by atoms with Crippen molar-refractivity contribution in [2.24, 2.45) is 5.92 Å². The van der Waals surface area contributed by atoms with Gasteiger partial charge in [-0.25, -0.2) is 4.98 Å². The molecule has 3 heterocycles. The second-order valence-corrected chi connectivity index (χ2v) is 7.43. The highest BCUT2D eigenvalue weighted by Gasteiger charge is 2.40. The lowest BCUT2D eigenvalue weighted by atomic mass is 10.0. The molecule has 8 heteroatoms. The molecule has 130 valence electrons. The molecule has 1 saturated carbocycles. The van der Waals surface area contributed by atoms with Gasteiger partial charge in [-0.1, -0.05) is 0 Å². The number of nitrogens with one attached hydrogen (secondary N) is 1. The lowest BCUT2D eigenvalue weighted by Gasteiger charge is -2.37. The van der Waals surface area contributed by atoms with Gasteiger partial charge < -0.3 is 19.7 Å². The number of amides is 2. The van der Waals surface area contributed by atoms with Crippen LogP contribution in [-0.2, 0) is 25.5 Å². The SMILES string of the molecule is O=C(Nc1nc(CC(=O)N2CCC3(CC2)OCCO3)cs1)C1CC1. The summed E-state index contributed by atoms with van der Waals surface area (Å²) in [5, 5.41) is 5.25. The van der Waals surface area contributed by atoms with Gasteiger partial charge in [0.05, 0.1) is 25.3 Å². The summed E-state index contributed by atoms with van der Waals surface area (Å²) in [6.07, 6.45) is 3.64. The first-order valence-electron chi connectivity index (χ1n) is 8.45. The zero-order valence-electron chi connectivity index (χ0n) is 13.5. The Hall–Kier alpha value is -1.51. The molecule has 1 spiro atoms. The van der Waals surface area contributed by atoms with Gasteiger partial charge in [0.1, 0.15) is 0 Å². The maximum absolute atomic E-state index is 12.4. The molecule has 1 aromatic rings. The van der Waals surface area contributed by atoms with E-state index in [1.807, 2.05) is 10.3 Å². The first-order valence-corrected chi connectivity index (χ1v) is 9.32. The highest BCUT2D eigenvalue weighted by molar-refractivity contribution is 7.13. The maximum atomic E-state index is 12.4. The lowest BCUT2D eigenvalue weighted by molar-refractivity contribution is -0.187. The smallest absolute Gasteiger partial charge is 0.229 e. The van der Waals surface area contributed by atoms with Gasteiger partial charge in [-0.3, -0.25) is 9.59 Å². The summed E-state index contributed by atoms with van der Waals surface area (Å²) >= 11 is 1.37. The van der Waals surface area contributed by atoms with E-state index in [-0.39, 0.29) is 24.2 Å². The van der Waals surface area contributed by atoms with Gasteiger partial charge in [0.25, 0.3) is 0 Å². The predicted molar refractivity (Wildman–Crippen MR) is 87.6 cm³/mol. The Kier molecular flexibility index (Phi) is 4.28. The van der Waals surface area contributed by atoms with Crippen LogP contribution in [0.5, 0.6) is 0 Å². The van der Waals surface area contributed by atoms with Crippen LogP contribution in [0.3, 0.4) is 0 Å². The van der Waals surface area contributed by atoms with Crippen molar-refractivity contribution in [2.75, 3.05) is 31.6 Å². The van der Waals surface area contributed by atoms with Crippen LogP contribution >= 0.6 is 11.3 Å². The summed E-state index contributed by atoms with van der Waals surface area (Å²) < 4.78 is 11.4. The number of likely N-dealkylation sites (tertiary alicyclic amines) is 1. The fourth-order valence-electron chi connectivity index (χ4n) is 3.15. The first-order chi connectivity index (χ1) is 11.6. The number of hydrogen-bond acceptors (Lipinski definition) is 6. The first kappa shape index (κ1) is 16.0. The molecule has 0 atom stereocenters. The summed E-state index contributed by atoms with van der Waals surface area (Å²) in [5.41, 5.74) is 0.713. The van der Waals surface area contributed by atoms with Crippen LogP contribution in [0.4, 0.5) is 5.13 Å². The van der Waals surface area contributed by atoms with Crippen LogP contribution in [-0.4, -0.2) is 53.8 Å². The fraction of sp³-hybridized carbons (Fsp3) is 0.688. The number of anilines is 1. The number of ether oxygens (including phenoxy) is 2. The Morgan fingerprint density at radius 1 is 1.29 bits per heavy atom. The summed E-state index contributed by atoms with van der Waals surface area (Å²) in [5.74, 6) is -0.203. The van der Waals surface area contributed by atoms with Crippen LogP contribution in [0.2, 0.25) is 0 Å². The highest BCUT2D eigenvalue weighted by Crippen LogP contribution is 2.32. The van der Waals surface area contributed by atoms with Crippen LogP contribution < -0.4 is 5.32 Å². The number of carbonyl (C=O) groups is 2. The normalized spacial score (nSPS) is 22.8. The third kappa shape index (κ3) is 3.45. The minimum absolute atomic E-state index is 0.0418.